The van der Waals surface area contributed by atoms with Crippen molar-refractivity contribution >= 4 is 33.8 Å². The van der Waals surface area contributed by atoms with E-state index in [1.54, 1.807) is 23.5 Å². The number of benzene rings is 2. The number of phenolic OH excluding ortho intramolecular Hbond substituents is 1. The lowest BCUT2D eigenvalue weighted by Crippen LogP contribution is -1.69. The van der Waals surface area contributed by atoms with E-state index in [2.05, 4.69) is 30.3 Å². The predicted octanol–water partition coefficient (Wildman–Crippen LogP) is 4.70. The SMILES string of the molecule is Cl.Oc1ccc(-c2cc3ccccc3s2)cc1. The lowest BCUT2D eigenvalue weighted by atomic mass is 10.1. The van der Waals surface area contributed by atoms with E-state index < -0.39 is 0 Å². The molecular formula is C14H11ClOS. The molecule has 3 rings (SSSR count). The number of rotatable bonds is 1. The smallest absolute Gasteiger partial charge is 0.115 e. The largest absolute Gasteiger partial charge is 0.508 e. The summed E-state index contributed by atoms with van der Waals surface area (Å²) < 4.78 is 1.30. The van der Waals surface area contributed by atoms with Crippen LogP contribution < -0.4 is 0 Å². The Morgan fingerprint density at radius 2 is 1.59 bits per heavy atom. The van der Waals surface area contributed by atoms with Crippen LogP contribution in [0.2, 0.25) is 0 Å². The molecule has 0 fully saturated rings. The molecule has 1 N–H and O–H groups in total. The van der Waals surface area contributed by atoms with Crippen LogP contribution in [0.5, 0.6) is 5.75 Å². The van der Waals surface area contributed by atoms with Gasteiger partial charge in [0.25, 0.3) is 0 Å². The average molecular weight is 263 g/mol. The third kappa shape index (κ3) is 2.28. The van der Waals surface area contributed by atoms with Crippen molar-refractivity contribution in [2.75, 3.05) is 0 Å². The van der Waals surface area contributed by atoms with Crippen LogP contribution in [0, 0.1) is 0 Å². The van der Waals surface area contributed by atoms with Gasteiger partial charge in [0.2, 0.25) is 0 Å². The molecule has 3 aromatic rings. The number of hydrogen-bond acceptors (Lipinski definition) is 2. The van der Waals surface area contributed by atoms with Crippen LogP contribution in [-0.2, 0) is 0 Å². The number of phenols is 1. The van der Waals surface area contributed by atoms with E-state index in [9.17, 15) is 5.11 Å². The second-order valence-corrected chi connectivity index (χ2v) is 4.78. The molecule has 0 atom stereocenters. The molecule has 0 aliphatic heterocycles. The van der Waals surface area contributed by atoms with E-state index in [4.69, 9.17) is 0 Å². The summed E-state index contributed by atoms with van der Waals surface area (Å²) in [5.41, 5.74) is 1.15. The van der Waals surface area contributed by atoms with Crippen molar-refractivity contribution in [1.29, 1.82) is 0 Å². The standard InChI is InChI=1S/C14H10OS.ClH/c15-12-7-5-10(6-8-12)14-9-11-3-1-2-4-13(11)16-14;/h1-9,15H;1H. The molecular weight excluding hydrogens is 252 g/mol. The minimum Gasteiger partial charge on any atom is -0.508 e. The Kier molecular flexibility index (Phi) is 3.36. The molecule has 1 nitrogen and oxygen atoms in total. The molecule has 0 unspecified atom stereocenters. The van der Waals surface area contributed by atoms with Gasteiger partial charge in [-0.15, -0.1) is 23.7 Å². The maximum Gasteiger partial charge on any atom is 0.115 e. The quantitative estimate of drug-likeness (QED) is 0.674. The van der Waals surface area contributed by atoms with Gasteiger partial charge in [0.1, 0.15) is 5.75 Å². The van der Waals surface area contributed by atoms with Crippen molar-refractivity contribution in [2.45, 2.75) is 0 Å². The monoisotopic (exact) mass is 262 g/mol. The second kappa shape index (κ2) is 4.78. The lowest BCUT2D eigenvalue weighted by molar-refractivity contribution is 0.475. The van der Waals surface area contributed by atoms with Crippen LogP contribution in [0.15, 0.2) is 54.6 Å². The minimum absolute atomic E-state index is 0. The third-order valence-corrected chi connectivity index (χ3v) is 3.74. The molecule has 0 radical (unpaired) electrons. The summed E-state index contributed by atoms with van der Waals surface area (Å²) in [5, 5.41) is 10.5. The summed E-state index contributed by atoms with van der Waals surface area (Å²) in [6, 6.07) is 17.9. The van der Waals surface area contributed by atoms with Gasteiger partial charge >= 0.3 is 0 Å². The summed E-state index contributed by atoms with van der Waals surface area (Å²) in [6.07, 6.45) is 0. The van der Waals surface area contributed by atoms with Crippen molar-refractivity contribution in [1.82, 2.24) is 0 Å². The fourth-order valence-corrected chi connectivity index (χ4v) is 2.82. The Labute approximate surface area is 110 Å². The molecule has 2 aromatic carbocycles. The van der Waals surface area contributed by atoms with Gasteiger partial charge in [-0.3, -0.25) is 0 Å². The van der Waals surface area contributed by atoms with E-state index in [-0.39, 0.29) is 12.4 Å². The maximum atomic E-state index is 9.25. The molecule has 3 heteroatoms. The van der Waals surface area contributed by atoms with E-state index in [0.717, 1.165) is 5.56 Å². The fraction of sp³-hybridized carbons (Fsp3) is 0. The van der Waals surface area contributed by atoms with Crippen LogP contribution >= 0.6 is 23.7 Å². The number of thiophene rings is 1. The number of hydrogen-bond donors (Lipinski definition) is 1. The van der Waals surface area contributed by atoms with Gasteiger partial charge in [0.05, 0.1) is 0 Å². The van der Waals surface area contributed by atoms with Gasteiger partial charge < -0.3 is 5.11 Å². The lowest BCUT2D eigenvalue weighted by Gasteiger charge is -1.96. The summed E-state index contributed by atoms with van der Waals surface area (Å²) >= 11 is 1.77. The number of aromatic hydroxyl groups is 1. The van der Waals surface area contributed by atoms with Gasteiger partial charge in [-0.2, -0.15) is 0 Å². The molecule has 0 aliphatic rings. The predicted molar refractivity (Wildman–Crippen MR) is 76.2 cm³/mol. The summed E-state index contributed by atoms with van der Waals surface area (Å²) in [6.45, 7) is 0. The Bertz CT molecular complexity index is 595. The van der Waals surface area contributed by atoms with Crippen molar-refractivity contribution in [3.8, 4) is 16.2 Å². The van der Waals surface area contributed by atoms with Gasteiger partial charge in [0, 0.05) is 9.58 Å². The molecule has 0 amide bonds. The van der Waals surface area contributed by atoms with E-state index in [0.29, 0.717) is 5.75 Å². The normalized spacial score (nSPS) is 10.1. The van der Waals surface area contributed by atoms with Gasteiger partial charge in [-0.1, -0.05) is 18.2 Å². The highest BCUT2D eigenvalue weighted by atomic mass is 35.5. The van der Waals surface area contributed by atoms with Gasteiger partial charge in [0.15, 0.2) is 0 Å². The summed E-state index contributed by atoms with van der Waals surface area (Å²) in [7, 11) is 0. The highest BCUT2D eigenvalue weighted by Gasteiger charge is 2.03. The van der Waals surface area contributed by atoms with Crippen molar-refractivity contribution in [3.63, 3.8) is 0 Å². The second-order valence-electron chi connectivity index (χ2n) is 3.70. The van der Waals surface area contributed by atoms with Crippen LogP contribution in [-0.4, -0.2) is 5.11 Å². The van der Waals surface area contributed by atoms with Crippen LogP contribution in [0.4, 0.5) is 0 Å². The summed E-state index contributed by atoms with van der Waals surface area (Å²) in [5.74, 6) is 0.310. The Morgan fingerprint density at radius 3 is 2.29 bits per heavy atom. The molecule has 0 saturated carbocycles. The summed E-state index contributed by atoms with van der Waals surface area (Å²) in [4.78, 5) is 1.24. The van der Waals surface area contributed by atoms with Crippen molar-refractivity contribution in [2.24, 2.45) is 0 Å². The molecule has 0 spiro atoms. The van der Waals surface area contributed by atoms with E-state index in [1.165, 1.54) is 15.0 Å². The van der Waals surface area contributed by atoms with E-state index in [1.807, 2.05) is 12.1 Å². The zero-order chi connectivity index (χ0) is 11.0. The first kappa shape index (κ1) is 12.0. The molecule has 86 valence electrons. The molecule has 17 heavy (non-hydrogen) atoms. The zero-order valence-electron chi connectivity index (χ0n) is 8.96. The first-order chi connectivity index (χ1) is 7.83. The van der Waals surface area contributed by atoms with Crippen LogP contribution in [0.1, 0.15) is 0 Å². The number of halogens is 1. The van der Waals surface area contributed by atoms with Crippen molar-refractivity contribution < 1.29 is 5.11 Å². The van der Waals surface area contributed by atoms with Gasteiger partial charge in [-0.05, 0) is 47.3 Å². The van der Waals surface area contributed by atoms with Crippen LogP contribution in [0.3, 0.4) is 0 Å². The third-order valence-electron chi connectivity index (χ3n) is 2.58. The minimum atomic E-state index is 0. The van der Waals surface area contributed by atoms with E-state index >= 15 is 0 Å². The molecule has 0 bridgehead atoms. The first-order valence-corrected chi connectivity index (χ1v) is 5.92. The molecule has 1 heterocycles. The topological polar surface area (TPSA) is 20.2 Å². The first-order valence-electron chi connectivity index (χ1n) is 5.11. The Balaban J connectivity index is 0.00000108. The average Bonchev–Trinajstić information content (AvgIpc) is 2.73. The maximum absolute atomic E-state index is 9.25. The molecule has 0 saturated heterocycles. The zero-order valence-corrected chi connectivity index (χ0v) is 10.6. The highest BCUT2D eigenvalue weighted by molar-refractivity contribution is 7.22. The fourth-order valence-electron chi connectivity index (χ4n) is 1.75. The Hall–Kier alpha value is -1.51. The Morgan fingerprint density at radius 1 is 0.882 bits per heavy atom. The number of fused-ring (bicyclic) bond motifs is 1. The van der Waals surface area contributed by atoms with Crippen LogP contribution in [0.25, 0.3) is 20.5 Å². The van der Waals surface area contributed by atoms with Gasteiger partial charge in [-0.25, -0.2) is 0 Å². The molecule has 0 aliphatic carbocycles. The van der Waals surface area contributed by atoms with Crippen molar-refractivity contribution in [3.05, 3.63) is 54.6 Å². The molecule has 1 aromatic heterocycles. The highest BCUT2D eigenvalue weighted by Crippen LogP contribution is 2.33.